The number of halogens is 1. The monoisotopic (exact) mass is 307 g/mol. The molecule has 0 unspecified atom stereocenters. The standard InChI is InChI=1S/C14H18BrN3/c1-9-4-5-10(2)13(8-9)18-14(15)12(6-7-16)11(3)17-18/h4-5,8H,6-7,16H2,1-3H3. The van der Waals surface area contributed by atoms with E-state index >= 15 is 0 Å². The summed E-state index contributed by atoms with van der Waals surface area (Å²) in [6.07, 6.45) is 0.845. The van der Waals surface area contributed by atoms with Gasteiger partial charge >= 0.3 is 0 Å². The molecule has 0 saturated heterocycles. The second kappa shape index (κ2) is 5.24. The predicted octanol–water partition coefficient (Wildman–Crippen LogP) is 3.06. The summed E-state index contributed by atoms with van der Waals surface area (Å²) in [5, 5.41) is 4.62. The first-order chi connectivity index (χ1) is 8.54. The van der Waals surface area contributed by atoms with E-state index in [0.29, 0.717) is 6.54 Å². The lowest BCUT2D eigenvalue weighted by Crippen LogP contribution is -2.04. The van der Waals surface area contributed by atoms with E-state index in [-0.39, 0.29) is 0 Å². The molecule has 0 fully saturated rings. The van der Waals surface area contributed by atoms with Crippen LogP contribution >= 0.6 is 15.9 Å². The Morgan fingerprint density at radius 1 is 1.28 bits per heavy atom. The van der Waals surface area contributed by atoms with Gasteiger partial charge < -0.3 is 5.73 Å². The summed E-state index contributed by atoms with van der Waals surface area (Å²) in [4.78, 5) is 0. The Hall–Kier alpha value is -1.13. The average molecular weight is 308 g/mol. The lowest BCUT2D eigenvalue weighted by molar-refractivity contribution is 0.837. The highest BCUT2D eigenvalue weighted by Crippen LogP contribution is 2.26. The molecule has 2 aromatic rings. The summed E-state index contributed by atoms with van der Waals surface area (Å²) in [5.74, 6) is 0. The van der Waals surface area contributed by atoms with Gasteiger partial charge in [0.15, 0.2) is 0 Å². The molecule has 1 heterocycles. The maximum atomic E-state index is 5.64. The molecule has 0 saturated carbocycles. The van der Waals surface area contributed by atoms with E-state index in [1.165, 1.54) is 16.7 Å². The lowest BCUT2D eigenvalue weighted by Gasteiger charge is -2.08. The molecule has 0 bridgehead atoms. The normalized spacial score (nSPS) is 10.9. The molecule has 0 amide bonds. The largest absolute Gasteiger partial charge is 0.330 e. The number of hydrogen-bond donors (Lipinski definition) is 1. The lowest BCUT2D eigenvalue weighted by atomic mass is 10.1. The first-order valence-corrected chi connectivity index (χ1v) is 6.85. The molecule has 96 valence electrons. The van der Waals surface area contributed by atoms with Gasteiger partial charge in [0.2, 0.25) is 0 Å². The summed E-state index contributed by atoms with van der Waals surface area (Å²) in [6.45, 7) is 6.85. The highest BCUT2D eigenvalue weighted by atomic mass is 79.9. The van der Waals surface area contributed by atoms with E-state index in [2.05, 4.69) is 53.1 Å². The molecule has 3 nitrogen and oxygen atoms in total. The Kier molecular flexibility index (Phi) is 3.88. The van der Waals surface area contributed by atoms with Crippen LogP contribution in [-0.4, -0.2) is 16.3 Å². The van der Waals surface area contributed by atoms with E-state index in [1.54, 1.807) is 0 Å². The van der Waals surface area contributed by atoms with Gasteiger partial charge in [0.05, 0.1) is 11.4 Å². The van der Waals surface area contributed by atoms with Crippen molar-refractivity contribution in [1.29, 1.82) is 0 Å². The maximum absolute atomic E-state index is 5.64. The zero-order valence-corrected chi connectivity index (χ0v) is 12.6. The fourth-order valence-electron chi connectivity index (χ4n) is 2.07. The predicted molar refractivity (Wildman–Crippen MR) is 78.2 cm³/mol. The van der Waals surface area contributed by atoms with Gasteiger partial charge in [-0.25, -0.2) is 4.68 Å². The molecule has 4 heteroatoms. The fourth-order valence-corrected chi connectivity index (χ4v) is 2.82. The van der Waals surface area contributed by atoms with Crippen LogP contribution < -0.4 is 5.73 Å². The van der Waals surface area contributed by atoms with Crippen molar-refractivity contribution in [2.45, 2.75) is 27.2 Å². The van der Waals surface area contributed by atoms with Crippen LogP contribution in [0.25, 0.3) is 5.69 Å². The Balaban J connectivity index is 2.57. The highest BCUT2D eigenvalue weighted by Gasteiger charge is 2.14. The number of hydrogen-bond acceptors (Lipinski definition) is 2. The second-order valence-corrected chi connectivity index (χ2v) is 5.35. The van der Waals surface area contributed by atoms with Gasteiger partial charge in [-0.05, 0) is 66.9 Å². The third kappa shape index (κ3) is 2.35. The average Bonchev–Trinajstić information content (AvgIpc) is 2.61. The highest BCUT2D eigenvalue weighted by molar-refractivity contribution is 9.10. The third-order valence-electron chi connectivity index (χ3n) is 3.11. The summed E-state index contributed by atoms with van der Waals surface area (Å²) < 4.78 is 2.97. The molecule has 0 aliphatic rings. The molecule has 0 spiro atoms. The van der Waals surface area contributed by atoms with Crippen molar-refractivity contribution in [3.63, 3.8) is 0 Å². The molecular formula is C14H18BrN3. The van der Waals surface area contributed by atoms with Crippen LogP contribution in [0.4, 0.5) is 0 Å². The Labute approximate surface area is 116 Å². The zero-order valence-electron chi connectivity index (χ0n) is 11.0. The number of nitrogens with zero attached hydrogens (tertiary/aromatic N) is 2. The molecule has 0 atom stereocenters. The topological polar surface area (TPSA) is 43.8 Å². The maximum Gasteiger partial charge on any atom is 0.113 e. The molecule has 1 aromatic heterocycles. The zero-order chi connectivity index (χ0) is 13.3. The van der Waals surface area contributed by atoms with Crippen LogP contribution in [0.2, 0.25) is 0 Å². The molecule has 2 N–H and O–H groups in total. The number of nitrogens with two attached hydrogens (primary N) is 1. The number of aryl methyl sites for hydroxylation is 3. The number of benzene rings is 1. The van der Waals surface area contributed by atoms with Crippen molar-refractivity contribution in [3.05, 3.63) is 45.2 Å². The second-order valence-electron chi connectivity index (χ2n) is 4.60. The minimum atomic E-state index is 0.637. The van der Waals surface area contributed by atoms with Crippen LogP contribution in [-0.2, 0) is 6.42 Å². The summed E-state index contributed by atoms with van der Waals surface area (Å²) in [7, 11) is 0. The van der Waals surface area contributed by atoms with E-state index in [0.717, 1.165) is 22.4 Å². The van der Waals surface area contributed by atoms with Gasteiger partial charge in [0.25, 0.3) is 0 Å². The number of aromatic nitrogens is 2. The van der Waals surface area contributed by atoms with E-state index in [1.807, 2.05) is 11.6 Å². The third-order valence-corrected chi connectivity index (χ3v) is 3.92. The van der Waals surface area contributed by atoms with Gasteiger partial charge in [-0.2, -0.15) is 5.10 Å². The molecule has 0 radical (unpaired) electrons. The van der Waals surface area contributed by atoms with Crippen LogP contribution in [0.1, 0.15) is 22.4 Å². The van der Waals surface area contributed by atoms with Crippen molar-refractivity contribution in [2.24, 2.45) is 5.73 Å². The van der Waals surface area contributed by atoms with Gasteiger partial charge in [-0.1, -0.05) is 12.1 Å². The van der Waals surface area contributed by atoms with Gasteiger partial charge in [-0.3, -0.25) is 0 Å². The summed E-state index contributed by atoms with van der Waals surface area (Å²) in [5.41, 5.74) is 11.4. The minimum Gasteiger partial charge on any atom is -0.330 e. The summed E-state index contributed by atoms with van der Waals surface area (Å²) in [6, 6.07) is 6.39. The van der Waals surface area contributed by atoms with Crippen LogP contribution in [0.15, 0.2) is 22.8 Å². The SMILES string of the molecule is Cc1ccc(C)c(-n2nc(C)c(CCN)c2Br)c1. The molecule has 0 aliphatic heterocycles. The van der Waals surface area contributed by atoms with Crippen LogP contribution in [0.5, 0.6) is 0 Å². The Bertz CT molecular complexity index is 573. The molecule has 0 aliphatic carbocycles. The number of rotatable bonds is 3. The van der Waals surface area contributed by atoms with Crippen molar-refractivity contribution < 1.29 is 0 Å². The quantitative estimate of drug-likeness (QED) is 0.947. The van der Waals surface area contributed by atoms with Crippen LogP contribution in [0.3, 0.4) is 0 Å². The van der Waals surface area contributed by atoms with Crippen LogP contribution in [0, 0.1) is 20.8 Å². The summed E-state index contributed by atoms with van der Waals surface area (Å²) >= 11 is 3.64. The van der Waals surface area contributed by atoms with Gasteiger partial charge in [0.1, 0.15) is 4.60 Å². The van der Waals surface area contributed by atoms with Gasteiger partial charge in [0, 0.05) is 5.56 Å². The molecule has 18 heavy (non-hydrogen) atoms. The molecule has 2 rings (SSSR count). The fraction of sp³-hybridized carbons (Fsp3) is 0.357. The molecular weight excluding hydrogens is 290 g/mol. The first kappa shape index (κ1) is 13.3. The Morgan fingerprint density at radius 3 is 2.67 bits per heavy atom. The minimum absolute atomic E-state index is 0.637. The van der Waals surface area contributed by atoms with E-state index in [9.17, 15) is 0 Å². The Morgan fingerprint density at radius 2 is 2.00 bits per heavy atom. The van der Waals surface area contributed by atoms with E-state index < -0.39 is 0 Å². The van der Waals surface area contributed by atoms with Crippen molar-refractivity contribution >= 4 is 15.9 Å². The van der Waals surface area contributed by atoms with E-state index in [4.69, 9.17) is 5.73 Å². The van der Waals surface area contributed by atoms with Gasteiger partial charge in [-0.15, -0.1) is 0 Å². The van der Waals surface area contributed by atoms with Crippen molar-refractivity contribution in [2.75, 3.05) is 6.54 Å². The van der Waals surface area contributed by atoms with Crippen molar-refractivity contribution in [1.82, 2.24) is 9.78 Å². The smallest absolute Gasteiger partial charge is 0.113 e. The first-order valence-electron chi connectivity index (χ1n) is 6.06. The molecule has 1 aromatic carbocycles. The van der Waals surface area contributed by atoms with Crippen molar-refractivity contribution in [3.8, 4) is 5.69 Å².